The Labute approximate surface area is 90.7 Å². The van der Waals surface area contributed by atoms with Crippen LogP contribution in [0.1, 0.15) is 46.5 Å². The Balaban J connectivity index is 3.88. The second-order valence-corrected chi connectivity index (χ2v) is 13.0. The van der Waals surface area contributed by atoms with Crippen LogP contribution < -0.4 is 0 Å². The Kier molecular flexibility index (Phi) is 5.55. The summed E-state index contributed by atoms with van der Waals surface area (Å²) in [5, 5.41) is -0.0766. The SMILES string of the molecule is CCCCCC(C)(C)[Si](Cl)(Cl)Cl. The molecule has 0 rings (SSSR count). The van der Waals surface area contributed by atoms with Crippen molar-refractivity contribution in [2.45, 2.75) is 51.5 Å². The first-order chi connectivity index (χ1) is 5.31. The van der Waals surface area contributed by atoms with Crippen molar-refractivity contribution in [1.82, 2.24) is 0 Å². The minimum atomic E-state index is -2.52. The number of halogens is 3. The minimum absolute atomic E-state index is 0.0766. The molecule has 0 N–H and O–H groups in total. The van der Waals surface area contributed by atoms with E-state index in [4.69, 9.17) is 33.2 Å². The molecule has 0 atom stereocenters. The third-order valence-corrected chi connectivity index (χ3v) is 8.56. The van der Waals surface area contributed by atoms with Crippen molar-refractivity contribution in [3.8, 4) is 0 Å². The molecule has 12 heavy (non-hydrogen) atoms. The van der Waals surface area contributed by atoms with Crippen LogP contribution in [0.4, 0.5) is 0 Å². The third kappa shape index (κ3) is 4.36. The second kappa shape index (κ2) is 5.09. The fourth-order valence-corrected chi connectivity index (χ4v) is 2.27. The molecule has 0 aromatic carbocycles. The fraction of sp³-hybridized carbons (Fsp3) is 1.00. The largest absolute Gasteiger partial charge is 0.346 e. The number of rotatable bonds is 5. The Morgan fingerprint density at radius 2 is 1.58 bits per heavy atom. The number of hydrogen-bond acceptors (Lipinski definition) is 0. The van der Waals surface area contributed by atoms with E-state index in [0.717, 1.165) is 6.42 Å². The molecular formula is C8H17Cl3Si. The zero-order valence-electron chi connectivity index (χ0n) is 7.96. The molecule has 0 unspecified atom stereocenters. The monoisotopic (exact) mass is 246 g/mol. The lowest BCUT2D eigenvalue weighted by Gasteiger charge is -2.29. The lowest BCUT2D eigenvalue weighted by Crippen LogP contribution is -2.27. The van der Waals surface area contributed by atoms with Crippen LogP contribution in [-0.2, 0) is 0 Å². The van der Waals surface area contributed by atoms with Gasteiger partial charge in [0.05, 0.1) is 0 Å². The summed E-state index contributed by atoms with van der Waals surface area (Å²) in [6.45, 7) is 6.30. The minimum Gasteiger partial charge on any atom is -0.125 e. The van der Waals surface area contributed by atoms with Gasteiger partial charge in [0.2, 0.25) is 0 Å². The van der Waals surface area contributed by atoms with Gasteiger partial charge in [0, 0.05) is 5.04 Å². The summed E-state index contributed by atoms with van der Waals surface area (Å²) in [6, 6.07) is -2.52. The third-order valence-electron chi connectivity index (χ3n) is 2.17. The van der Waals surface area contributed by atoms with Crippen LogP contribution in [0, 0.1) is 0 Å². The molecule has 0 saturated carbocycles. The quantitative estimate of drug-likeness (QED) is 0.364. The van der Waals surface area contributed by atoms with Crippen LogP contribution in [0.25, 0.3) is 0 Å². The molecule has 0 amide bonds. The topological polar surface area (TPSA) is 0 Å². The first-order valence-corrected chi connectivity index (χ1v) is 9.41. The van der Waals surface area contributed by atoms with Crippen LogP contribution in [0.3, 0.4) is 0 Å². The van der Waals surface area contributed by atoms with E-state index in [0.29, 0.717) is 0 Å². The zero-order chi connectivity index (χ0) is 9.83. The van der Waals surface area contributed by atoms with E-state index in [2.05, 4.69) is 20.8 Å². The predicted octanol–water partition coefficient (Wildman–Crippen LogP) is 5.00. The highest BCUT2D eigenvalue weighted by Gasteiger charge is 2.43. The molecule has 0 saturated heterocycles. The number of unbranched alkanes of at least 4 members (excludes halogenated alkanes) is 2. The highest BCUT2D eigenvalue weighted by Crippen LogP contribution is 2.48. The van der Waals surface area contributed by atoms with Crippen molar-refractivity contribution in [2.75, 3.05) is 0 Å². The van der Waals surface area contributed by atoms with Gasteiger partial charge in [0.15, 0.2) is 0 Å². The van der Waals surface area contributed by atoms with Crippen LogP contribution >= 0.6 is 33.2 Å². The van der Waals surface area contributed by atoms with Gasteiger partial charge < -0.3 is 0 Å². The summed E-state index contributed by atoms with van der Waals surface area (Å²) in [6.07, 6.45) is 4.66. The molecule has 0 bridgehead atoms. The Morgan fingerprint density at radius 3 is 1.92 bits per heavy atom. The van der Waals surface area contributed by atoms with Gasteiger partial charge in [-0.25, -0.2) is 0 Å². The standard InChI is InChI=1S/C8H17Cl3Si/c1-4-5-6-7-8(2,3)12(9,10)11/h4-7H2,1-3H3. The molecule has 4 heteroatoms. The van der Waals surface area contributed by atoms with Gasteiger partial charge in [-0.15, -0.1) is 33.2 Å². The van der Waals surface area contributed by atoms with E-state index < -0.39 is 6.00 Å². The summed E-state index contributed by atoms with van der Waals surface area (Å²) < 4.78 is 0. The van der Waals surface area contributed by atoms with Gasteiger partial charge in [0.1, 0.15) is 0 Å². The Hall–Kier alpha value is 1.09. The van der Waals surface area contributed by atoms with E-state index in [9.17, 15) is 0 Å². The summed E-state index contributed by atoms with van der Waals surface area (Å²) in [4.78, 5) is 0. The van der Waals surface area contributed by atoms with Crippen molar-refractivity contribution < 1.29 is 0 Å². The number of hydrogen-bond donors (Lipinski definition) is 0. The van der Waals surface area contributed by atoms with Gasteiger partial charge in [-0.05, 0) is 6.42 Å². The van der Waals surface area contributed by atoms with E-state index in [-0.39, 0.29) is 5.04 Å². The van der Waals surface area contributed by atoms with Crippen LogP contribution in [0.2, 0.25) is 5.04 Å². The maximum absolute atomic E-state index is 5.97. The maximum Gasteiger partial charge on any atom is 0.346 e. The van der Waals surface area contributed by atoms with Crippen LogP contribution in [0.5, 0.6) is 0 Å². The molecule has 0 nitrogen and oxygen atoms in total. The predicted molar refractivity (Wildman–Crippen MR) is 61.5 cm³/mol. The van der Waals surface area contributed by atoms with Crippen LogP contribution in [-0.4, -0.2) is 6.00 Å². The average Bonchev–Trinajstić information content (AvgIpc) is 1.85. The average molecular weight is 248 g/mol. The maximum atomic E-state index is 5.97. The van der Waals surface area contributed by atoms with E-state index in [1.165, 1.54) is 19.3 Å². The van der Waals surface area contributed by atoms with E-state index >= 15 is 0 Å². The molecule has 0 aromatic heterocycles. The van der Waals surface area contributed by atoms with Gasteiger partial charge in [0.25, 0.3) is 0 Å². The van der Waals surface area contributed by atoms with Crippen molar-refractivity contribution >= 4 is 39.2 Å². The molecule has 0 aromatic rings. The van der Waals surface area contributed by atoms with Gasteiger partial charge in [-0.2, -0.15) is 0 Å². The normalized spacial score (nSPS) is 13.5. The molecule has 0 aliphatic heterocycles. The Bertz CT molecular complexity index is 129. The van der Waals surface area contributed by atoms with Crippen molar-refractivity contribution in [1.29, 1.82) is 0 Å². The molecule has 0 fully saturated rings. The van der Waals surface area contributed by atoms with Gasteiger partial charge >= 0.3 is 6.00 Å². The molecular weight excluding hydrogens is 231 g/mol. The summed E-state index contributed by atoms with van der Waals surface area (Å²) in [5.41, 5.74) is 0. The lowest BCUT2D eigenvalue weighted by atomic mass is 10.0. The first-order valence-electron chi connectivity index (χ1n) is 4.38. The molecule has 0 aliphatic carbocycles. The fourth-order valence-electron chi connectivity index (χ4n) is 0.959. The molecule has 74 valence electrons. The summed E-state index contributed by atoms with van der Waals surface area (Å²) in [5.74, 6) is 0. The van der Waals surface area contributed by atoms with Crippen molar-refractivity contribution in [2.24, 2.45) is 0 Å². The van der Waals surface area contributed by atoms with E-state index in [1.54, 1.807) is 0 Å². The molecule has 0 heterocycles. The van der Waals surface area contributed by atoms with E-state index in [1.807, 2.05) is 0 Å². The highest BCUT2D eigenvalue weighted by molar-refractivity contribution is 7.65. The van der Waals surface area contributed by atoms with Gasteiger partial charge in [-0.3, -0.25) is 0 Å². The summed E-state index contributed by atoms with van der Waals surface area (Å²) >= 11 is 17.9. The smallest absolute Gasteiger partial charge is 0.125 e. The highest BCUT2D eigenvalue weighted by atomic mass is 35.8. The van der Waals surface area contributed by atoms with Crippen molar-refractivity contribution in [3.05, 3.63) is 0 Å². The molecule has 0 spiro atoms. The van der Waals surface area contributed by atoms with Crippen molar-refractivity contribution in [3.63, 3.8) is 0 Å². The lowest BCUT2D eigenvalue weighted by molar-refractivity contribution is 0.547. The first kappa shape index (κ1) is 13.1. The second-order valence-electron chi connectivity index (χ2n) is 3.84. The summed E-state index contributed by atoms with van der Waals surface area (Å²) in [7, 11) is 0. The zero-order valence-corrected chi connectivity index (χ0v) is 11.2. The van der Waals surface area contributed by atoms with Crippen LogP contribution in [0.15, 0.2) is 0 Å². The molecule has 0 radical (unpaired) electrons. The molecule has 0 aliphatic rings. The Morgan fingerprint density at radius 1 is 1.08 bits per heavy atom. The van der Waals surface area contributed by atoms with Gasteiger partial charge in [-0.1, -0.05) is 40.0 Å².